The van der Waals surface area contributed by atoms with E-state index in [4.69, 9.17) is 0 Å². The number of carbonyl (C=O) groups is 1. The van der Waals surface area contributed by atoms with E-state index in [1.165, 1.54) is 0 Å². The summed E-state index contributed by atoms with van der Waals surface area (Å²) in [5.74, 6) is 0.305. The zero-order chi connectivity index (χ0) is 10.7. The van der Waals surface area contributed by atoms with Gasteiger partial charge in [-0.15, -0.1) is 0 Å². The molecule has 1 heterocycles. The van der Waals surface area contributed by atoms with E-state index >= 15 is 0 Å². The first-order chi connectivity index (χ1) is 7.27. The van der Waals surface area contributed by atoms with Crippen LogP contribution in [-0.2, 0) is 11.2 Å². The molecule has 1 aliphatic heterocycles. The van der Waals surface area contributed by atoms with E-state index in [9.17, 15) is 4.79 Å². The highest BCUT2D eigenvalue weighted by atomic mass is 79.9. The Bertz CT molecular complexity index is 358. The molecule has 1 aromatic rings. The number of hydrogen-bond acceptors (Lipinski definition) is 2. The lowest BCUT2D eigenvalue weighted by Gasteiger charge is -2.09. The van der Waals surface area contributed by atoms with Crippen LogP contribution in [0.5, 0.6) is 0 Å². The fraction of sp³-hybridized carbons (Fsp3) is 0.417. The summed E-state index contributed by atoms with van der Waals surface area (Å²) in [6, 6.07) is 7.99. The van der Waals surface area contributed by atoms with E-state index in [0.717, 1.165) is 29.4 Å². The molecule has 0 saturated carbocycles. The van der Waals surface area contributed by atoms with Gasteiger partial charge in [-0.1, -0.05) is 34.1 Å². The largest absolute Gasteiger partial charge is 0.307 e. The highest BCUT2D eigenvalue weighted by Crippen LogP contribution is 2.18. The zero-order valence-corrected chi connectivity index (χ0v) is 10.1. The Morgan fingerprint density at radius 2 is 2.27 bits per heavy atom. The molecule has 0 aromatic heterocycles. The van der Waals surface area contributed by atoms with E-state index in [1.54, 1.807) is 0 Å². The first kappa shape index (κ1) is 10.8. The summed E-state index contributed by atoms with van der Waals surface area (Å²) in [5.41, 5.74) is 1.08. The lowest BCUT2D eigenvalue weighted by Crippen LogP contribution is -2.31. The Morgan fingerprint density at radius 1 is 1.47 bits per heavy atom. The summed E-state index contributed by atoms with van der Waals surface area (Å²) >= 11 is 3.46. The van der Waals surface area contributed by atoms with E-state index in [-0.39, 0.29) is 6.04 Å². The maximum atomic E-state index is 11.9. The van der Waals surface area contributed by atoms with E-state index in [0.29, 0.717) is 12.2 Å². The first-order valence-corrected chi connectivity index (χ1v) is 6.06. The van der Waals surface area contributed by atoms with Crippen molar-refractivity contribution in [2.75, 3.05) is 6.54 Å². The van der Waals surface area contributed by atoms with Crippen molar-refractivity contribution in [3.63, 3.8) is 0 Å². The second-order valence-electron chi connectivity index (χ2n) is 3.88. The fourth-order valence-corrected chi connectivity index (χ4v) is 2.34. The predicted molar refractivity (Wildman–Crippen MR) is 63.9 cm³/mol. The summed E-state index contributed by atoms with van der Waals surface area (Å²) in [4.78, 5) is 11.9. The van der Waals surface area contributed by atoms with Crippen LogP contribution in [0.15, 0.2) is 28.7 Å². The molecule has 1 unspecified atom stereocenters. The number of Topliss-reactive ketones (excluding diaryl/α,β-unsaturated/α-hetero) is 1. The van der Waals surface area contributed by atoms with Crippen LogP contribution in [0.1, 0.15) is 18.4 Å². The number of carbonyl (C=O) groups excluding carboxylic acids is 1. The first-order valence-electron chi connectivity index (χ1n) is 5.27. The summed E-state index contributed by atoms with van der Waals surface area (Å²) < 4.78 is 1.02. The third-order valence-electron chi connectivity index (χ3n) is 2.77. The van der Waals surface area contributed by atoms with Crippen molar-refractivity contribution in [1.29, 1.82) is 0 Å². The van der Waals surface area contributed by atoms with Gasteiger partial charge >= 0.3 is 0 Å². The molecule has 0 bridgehead atoms. The van der Waals surface area contributed by atoms with Gasteiger partial charge in [0.05, 0.1) is 6.04 Å². The van der Waals surface area contributed by atoms with E-state index < -0.39 is 0 Å². The molecular weight excluding hydrogens is 254 g/mol. The molecule has 0 amide bonds. The van der Waals surface area contributed by atoms with Gasteiger partial charge in [-0.05, 0) is 31.0 Å². The average Bonchev–Trinajstić information content (AvgIpc) is 2.74. The van der Waals surface area contributed by atoms with Crippen LogP contribution < -0.4 is 5.32 Å². The van der Waals surface area contributed by atoms with Gasteiger partial charge in [-0.25, -0.2) is 0 Å². The van der Waals surface area contributed by atoms with Crippen molar-refractivity contribution in [2.24, 2.45) is 0 Å². The lowest BCUT2D eigenvalue weighted by atomic mass is 10.0. The normalized spacial score (nSPS) is 20.5. The molecule has 2 rings (SSSR count). The van der Waals surface area contributed by atoms with Crippen LogP contribution >= 0.6 is 15.9 Å². The molecule has 1 aliphatic rings. The lowest BCUT2D eigenvalue weighted by molar-refractivity contribution is -0.120. The molecule has 3 heteroatoms. The molecule has 80 valence electrons. The number of nitrogens with one attached hydrogen (secondary N) is 1. The molecule has 1 N–H and O–H groups in total. The monoisotopic (exact) mass is 267 g/mol. The van der Waals surface area contributed by atoms with Crippen molar-refractivity contribution < 1.29 is 4.79 Å². The van der Waals surface area contributed by atoms with Gasteiger partial charge in [0.2, 0.25) is 0 Å². The molecular formula is C12H14BrNO. The second-order valence-corrected chi connectivity index (χ2v) is 4.74. The van der Waals surface area contributed by atoms with Crippen LogP contribution in [0.3, 0.4) is 0 Å². The van der Waals surface area contributed by atoms with Crippen LogP contribution in [0, 0.1) is 0 Å². The minimum absolute atomic E-state index is 0.0807. The van der Waals surface area contributed by atoms with Gasteiger partial charge in [-0.3, -0.25) is 4.79 Å². The van der Waals surface area contributed by atoms with Gasteiger partial charge in [0.25, 0.3) is 0 Å². The van der Waals surface area contributed by atoms with Gasteiger partial charge in [-0.2, -0.15) is 0 Å². The summed E-state index contributed by atoms with van der Waals surface area (Å²) in [5, 5.41) is 3.23. The predicted octanol–water partition coefficient (Wildman–Crippen LogP) is 2.31. The van der Waals surface area contributed by atoms with Crippen molar-refractivity contribution in [3.8, 4) is 0 Å². The molecule has 0 spiro atoms. The molecule has 15 heavy (non-hydrogen) atoms. The van der Waals surface area contributed by atoms with Gasteiger partial charge in [0.15, 0.2) is 5.78 Å². The maximum Gasteiger partial charge on any atom is 0.154 e. The number of benzene rings is 1. The molecule has 0 aliphatic carbocycles. The molecule has 1 fully saturated rings. The van der Waals surface area contributed by atoms with Crippen molar-refractivity contribution in [1.82, 2.24) is 5.32 Å². The molecule has 0 radical (unpaired) electrons. The molecule has 1 atom stereocenters. The van der Waals surface area contributed by atoms with Gasteiger partial charge in [0.1, 0.15) is 0 Å². The topological polar surface area (TPSA) is 29.1 Å². The Hall–Kier alpha value is -0.670. The van der Waals surface area contributed by atoms with Crippen molar-refractivity contribution in [2.45, 2.75) is 25.3 Å². The summed E-state index contributed by atoms with van der Waals surface area (Å²) in [7, 11) is 0. The highest BCUT2D eigenvalue weighted by molar-refractivity contribution is 9.10. The van der Waals surface area contributed by atoms with Crippen molar-refractivity contribution in [3.05, 3.63) is 34.3 Å². The number of halogens is 1. The summed E-state index contributed by atoms with van der Waals surface area (Å²) in [6.07, 6.45) is 2.63. The Labute approximate surface area is 98.2 Å². The number of rotatable bonds is 3. The van der Waals surface area contributed by atoms with Crippen LogP contribution in [-0.4, -0.2) is 18.4 Å². The number of ketones is 1. The summed E-state index contributed by atoms with van der Waals surface area (Å²) in [6.45, 7) is 0.979. The Morgan fingerprint density at radius 3 is 2.93 bits per heavy atom. The highest BCUT2D eigenvalue weighted by Gasteiger charge is 2.22. The zero-order valence-electron chi connectivity index (χ0n) is 8.50. The minimum atomic E-state index is 0.0807. The van der Waals surface area contributed by atoms with Gasteiger partial charge in [0, 0.05) is 10.9 Å². The van der Waals surface area contributed by atoms with Crippen LogP contribution in [0.25, 0.3) is 0 Å². The maximum absolute atomic E-state index is 11.9. The smallest absolute Gasteiger partial charge is 0.154 e. The van der Waals surface area contributed by atoms with Crippen molar-refractivity contribution >= 4 is 21.7 Å². The standard InChI is InChI=1S/C12H14BrNO/c13-10-5-2-1-4-9(10)8-12(15)11-6-3-7-14-11/h1-2,4-5,11,14H,3,6-8H2. The third-order valence-corrected chi connectivity index (χ3v) is 3.55. The van der Waals surface area contributed by atoms with E-state index in [1.807, 2.05) is 24.3 Å². The SMILES string of the molecule is O=C(Cc1ccccc1Br)C1CCCN1. The molecule has 1 aromatic carbocycles. The van der Waals surface area contributed by atoms with Crippen LogP contribution in [0.2, 0.25) is 0 Å². The quantitative estimate of drug-likeness (QED) is 0.911. The third kappa shape index (κ3) is 2.67. The van der Waals surface area contributed by atoms with E-state index in [2.05, 4.69) is 21.2 Å². The molecule has 2 nitrogen and oxygen atoms in total. The fourth-order valence-electron chi connectivity index (χ4n) is 1.91. The molecule has 1 saturated heterocycles. The second kappa shape index (κ2) is 4.90. The number of hydrogen-bond donors (Lipinski definition) is 1. The Balaban J connectivity index is 2.02. The van der Waals surface area contributed by atoms with Gasteiger partial charge < -0.3 is 5.32 Å². The average molecular weight is 268 g/mol. The Kier molecular flexibility index (Phi) is 3.54. The van der Waals surface area contributed by atoms with Crippen LogP contribution in [0.4, 0.5) is 0 Å². The minimum Gasteiger partial charge on any atom is -0.307 e.